The van der Waals surface area contributed by atoms with Crippen molar-refractivity contribution in [3.8, 4) is 17.2 Å². The zero-order chi connectivity index (χ0) is 17.0. The Balaban J connectivity index is 1.77. The number of carbonyl (C=O) groups excluding carboxylic acids is 2. The third kappa shape index (κ3) is 1.82. The van der Waals surface area contributed by atoms with E-state index in [1.165, 1.54) is 26.2 Å². The Morgan fingerprint density at radius 2 is 1.38 bits per heavy atom. The predicted molar refractivity (Wildman–Crippen MR) is 86.3 cm³/mol. The first-order valence-corrected chi connectivity index (χ1v) is 7.96. The number of benzene rings is 1. The summed E-state index contributed by atoms with van der Waals surface area (Å²) < 4.78 is 16.0. The van der Waals surface area contributed by atoms with Gasteiger partial charge in [0, 0.05) is 12.1 Å². The Kier molecular flexibility index (Phi) is 3.30. The second kappa shape index (κ2) is 5.26. The number of nitrogens with zero attached hydrogens (tertiary/aromatic N) is 1. The molecule has 1 saturated heterocycles. The van der Waals surface area contributed by atoms with Gasteiger partial charge in [0.25, 0.3) is 0 Å². The van der Waals surface area contributed by atoms with Crippen molar-refractivity contribution >= 4 is 17.5 Å². The Morgan fingerprint density at radius 1 is 0.875 bits per heavy atom. The van der Waals surface area contributed by atoms with E-state index in [0.717, 1.165) is 6.42 Å². The maximum absolute atomic E-state index is 12.9. The molecule has 0 spiro atoms. The van der Waals surface area contributed by atoms with E-state index in [0.29, 0.717) is 22.9 Å². The van der Waals surface area contributed by atoms with Crippen molar-refractivity contribution < 1.29 is 23.8 Å². The molecule has 6 heteroatoms. The lowest BCUT2D eigenvalue weighted by atomic mass is 9.85. The van der Waals surface area contributed by atoms with E-state index in [1.807, 2.05) is 0 Å². The minimum atomic E-state index is -0.230. The number of allylic oxidation sites excluding steroid dienone is 2. The molecule has 1 heterocycles. The monoisotopic (exact) mass is 329 g/mol. The van der Waals surface area contributed by atoms with E-state index in [2.05, 4.69) is 12.2 Å². The van der Waals surface area contributed by atoms with E-state index < -0.39 is 0 Å². The van der Waals surface area contributed by atoms with Crippen molar-refractivity contribution in [3.05, 3.63) is 24.3 Å². The molecule has 24 heavy (non-hydrogen) atoms. The third-order valence-corrected chi connectivity index (χ3v) is 5.38. The second-order valence-corrected chi connectivity index (χ2v) is 6.40. The van der Waals surface area contributed by atoms with Crippen molar-refractivity contribution in [2.45, 2.75) is 6.42 Å². The fourth-order valence-corrected chi connectivity index (χ4v) is 4.35. The van der Waals surface area contributed by atoms with Crippen molar-refractivity contribution in [1.82, 2.24) is 0 Å². The van der Waals surface area contributed by atoms with E-state index in [4.69, 9.17) is 14.2 Å². The molecule has 126 valence electrons. The number of amides is 2. The van der Waals surface area contributed by atoms with E-state index in [-0.39, 0.29) is 35.5 Å². The molecule has 1 aromatic carbocycles. The summed E-state index contributed by atoms with van der Waals surface area (Å²) in [5.74, 6) is 0.929. The molecular formula is C18H19NO5. The molecule has 1 aromatic rings. The van der Waals surface area contributed by atoms with Gasteiger partial charge in [0.15, 0.2) is 11.5 Å². The quantitative estimate of drug-likeness (QED) is 0.625. The van der Waals surface area contributed by atoms with Gasteiger partial charge in [0.05, 0.1) is 38.9 Å². The average Bonchev–Trinajstić information content (AvgIpc) is 3.27. The van der Waals surface area contributed by atoms with Gasteiger partial charge >= 0.3 is 0 Å². The molecule has 1 saturated carbocycles. The lowest BCUT2D eigenvalue weighted by molar-refractivity contribution is -0.123. The summed E-state index contributed by atoms with van der Waals surface area (Å²) in [6.45, 7) is 0. The van der Waals surface area contributed by atoms with Crippen LogP contribution in [0.5, 0.6) is 17.2 Å². The Bertz CT molecular complexity index is 701. The zero-order valence-electron chi connectivity index (χ0n) is 13.8. The van der Waals surface area contributed by atoms with Gasteiger partial charge in [-0.3, -0.25) is 9.59 Å². The van der Waals surface area contributed by atoms with Crippen molar-refractivity contribution in [1.29, 1.82) is 0 Å². The zero-order valence-corrected chi connectivity index (χ0v) is 13.8. The molecular weight excluding hydrogens is 310 g/mol. The fraction of sp³-hybridized carbons (Fsp3) is 0.444. The summed E-state index contributed by atoms with van der Waals surface area (Å²) in [4.78, 5) is 27.1. The molecule has 3 aliphatic rings. The average molecular weight is 329 g/mol. The SMILES string of the molecule is COc1cc(N2C(=O)[C@@H]3[C@H](C2=O)[C@@H]2C=C[C@H]3C2)cc(OC)c1OC. The van der Waals surface area contributed by atoms with Crippen LogP contribution >= 0.6 is 0 Å². The van der Waals surface area contributed by atoms with E-state index >= 15 is 0 Å². The number of ether oxygens (including phenoxy) is 3. The highest BCUT2D eigenvalue weighted by Crippen LogP contribution is 2.54. The molecule has 0 unspecified atom stereocenters. The summed E-state index contributed by atoms with van der Waals surface area (Å²) >= 11 is 0. The van der Waals surface area contributed by atoms with Gasteiger partial charge < -0.3 is 14.2 Å². The first kappa shape index (κ1) is 15.1. The van der Waals surface area contributed by atoms with Gasteiger partial charge in [-0.05, 0) is 18.3 Å². The van der Waals surface area contributed by atoms with Crippen LogP contribution in [0.3, 0.4) is 0 Å². The predicted octanol–water partition coefficient (Wildman–Crippen LogP) is 2.02. The molecule has 2 fully saturated rings. The smallest absolute Gasteiger partial charge is 0.238 e. The van der Waals surface area contributed by atoms with Crippen LogP contribution in [-0.4, -0.2) is 33.1 Å². The number of imide groups is 1. The minimum absolute atomic E-state index is 0.129. The molecule has 6 nitrogen and oxygen atoms in total. The molecule has 0 aromatic heterocycles. The summed E-state index contributed by atoms with van der Waals surface area (Å²) in [6.07, 6.45) is 5.07. The molecule has 2 aliphatic carbocycles. The van der Waals surface area contributed by atoms with Gasteiger partial charge in [0.2, 0.25) is 17.6 Å². The van der Waals surface area contributed by atoms with Crippen LogP contribution in [0, 0.1) is 23.7 Å². The number of methoxy groups -OCH3 is 3. The maximum atomic E-state index is 12.9. The molecule has 4 rings (SSSR count). The normalized spacial score (nSPS) is 30.0. The lowest BCUT2D eigenvalue weighted by Crippen LogP contribution is -2.32. The molecule has 0 radical (unpaired) electrons. The first-order chi connectivity index (χ1) is 11.6. The van der Waals surface area contributed by atoms with Gasteiger partial charge in [-0.15, -0.1) is 0 Å². The summed E-state index contributed by atoms with van der Waals surface area (Å²) in [7, 11) is 4.53. The van der Waals surface area contributed by atoms with Crippen molar-refractivity contribution in [2.24, 2.45) is 23.7 Å². The van der Waals surface area contributed by atoms with Crippen LogP contribution in [0.4, 0.5) is 5.69 Å². The van der Waals surface area contributed by atoms with Crippen LogP contribution in [0.25, 0.3) is 0 Å². The summed E-state index contributed by atoms with van der Waals surface area (Å²) in [5.41, 5.74) is 0.466. The molecule has 4 atom stereocenters. The van der Waals surface area contributed by atoms with E-state index in [9.17, 15) is 9.59 Å². The highest BCUT2D eigenvalue weighted by atomic mass is 16.5. The minimum Gasteiger partial charge on any atom is -0.493 e. The Morgan fingerprint density at radius 3 is 1.79 bits per heavy atom. The molecule has 1 aliphatic heterocycles. The Hall–Kier alpha value is -2.50. The van der Waals surface area contributed by atoms with Crippen molar-refractivity contribution in [2.75, 3.05) is 26.2 Å². The fourth-order valence-electron chi connectivity index (χ4n) is 4.35. The van der Waals surface area contributed by atoms with Gasteiger partial charge in [-0.1, -0.05) is 12.2 Å². The highest BCUT2D eigenvalue weighted by molar-refractivity contribution is 6.23. The van der Waals surface area contributed by atoms with Crippen LogP contribution in [-0.2, 0) is 9.59 Å². The first-order valence-electron chi connectivity index (χ1n) is 7.96. The van der Waals surface area contributed by atoms with Gasteiger partial charge in [0.1, 0.15) is 0 Å². The topological polar surface area (TPSA) is 65.1 Å². The van der Waals surface area contributed by atoms with Gasteiger partial charge in [-0.25, -0.2) is 4.90 Å². The molecule has 2 bridgehead atoms. The molecule has 0 N–H and O–H groups in total. The lowest BCUT2D eigenvalue weighted by Gasteiger charge is -2.20. The third-order valence-electron chi connectivity index (χ3n) is 5.38. The highest BCUT2D eigenvalue weighted by Gasteiger charge is 2.59. The Labute approximate surface area is 140 Å². The number of fused-ring (bicyclic) bond motifs is 5. The van der Waals surface area contributed by atoms with Crippen LogP contribution in [0.2, 0.25) is 0 Å². The number of rotatable bonds is 4. The summed E-state index contributed by atoms with van der Waals surface area (Å²) in [6, 6.07) is 3.29. The van der Waals surface area contributed by atoms with Crippen LogP contribution in [0.15, 0.2) is 24.3 Å². The van der Waals surface area contributed by atoms with Crippen molar-refractivity contribution in [3.63, 3.8) is 0 Å². The second-order valence-electron chi connectivity index (χ2n) is 6.40. The van der Waals surface area contributed by atoms with Crippen LogP contribution in [0.1, 0.15) is 6.42 Å². The summed E-state index contributed by atoms with van der Waals surface area (Å²) in [5, 5.41) is 0. The standard InChI is InChI=1S/C18H19NO5/c1-22-12-7-11(8-13(23-2)16(12)24-3)19-17(20)14-9-4-5-10(6-9)15(14)18(19)21/h4-5,7-10,14-15H,6H2,1-3H3/t9-,10+,14-,15+. The van der Waals surface area contributed by atoms with Gasteiger partial charge in [-0.2, -0.15) is 0 Å². The molecule has 2 amide bonds. The van der Waals surface area contributed by atoms with E-state index in [1.54, 1.807) is 12.1 Å². The number of carbonyl (C=O) groups is 2. The van der Waals surface area contributed by atoms with Crippen LogP contribution < -0.4 is 19.1 Å². The number of hydrogen-bond donors (Lipinski definition) is 0. The number of anilines is 1. The maximum Gasteiger partial charge on any atom is 0.238 e. The number of hydrogen-bond acceptors (Lipinski definition) is 5. The largest absolute Gasteiger partial charge is 0.493 e.